The topological polar surface area (TPSA) is 58.2 Å². The van der Waals surface area contributed by atoms with Gasteiger partial charge in [0.1, 0.15) is 17.5 Å². The minimum atomic E-state index is -0.159. The number of hydrogen-bond donors (Lipinski definition) is 1. The van der Waals surface area contributed by atoms with Crippen molar-refractivity contribution in [3.05, 3.63) is 77.2 Å². The van der Waals surface area contributed by atoms with Gasteiger partial charge in [-0.2, -0.15) is 0 Å². The molecule has 132 valence electrons. The average molecular weight is 368 g/mol. The smallest absolute Gasteiger partial charge is 0.272 e. The van der Waals surface area contributed by atoms with Crippen LogP contribution in [0, 0.1) is 0 Å². The summed E-state index contributed by atoms with van der Waals surface area (Å²) in [5, 5.41) is 0.683. The molecule has 0 bridgehead atoms. The van der Waals surface area contributed by atoms with Crippen LogP contribution < -0.4 is 0 Å². The molecule has 2 aromatic carbocycles. The molecule has 0 saturated carbocycles. The second-order valence-electron chi connectivity index (χ2n) is 6.15. The summed E-state index contributed by atoms with van der Waals surface area (Å²) < 4.78 is 5.85. The van der Waals surface area contributed by atoms with Crippen LogP contribution in [0.2, 0.25) is 5.02 Å². The lowest BCUT2D eigenvalue weighted by atomic mass is 10.1. The van der Waals surface area contributed by atoms with Crippen molar-refractivity contribution in [3.63, 3.8) is 0 Å². The van der Waals surface area contributed by atoms with Crippen LogP contribution in [0.15, 0.2) is 60.9 Å². The number of carbonyl (C=O) groups excluding carboxylic acids is 1. The van der Waals surface area contributed by atoms with E-state index in [1.807, 2.05) is 59.5 Å². The van der Waals surface area contributed by atoms with Crippen molar-refractivity contribution in [2.24, 2.45) is 0 Å². The largest absolute Gasteiger partial charge is 0.370 e. The lowest BCUT2D eigenvalue weighted by Crippen LogP contribution is -2.42. The van der Waals surface area contributed by atoms with E-state index in [0.29, 0.717) is 36.1 Å². The van der Waals surface area contributed by atoms with Crippen molar-refractivity contribution in [1.29, 1.82) is 0 Å². The van der Waals surface area contributed by atoms with Crippen molar-refractivity contribution >= 4 is 17.5 Å². The third kappa shape index (κ3) is 3.36. The molecular formula is C20H18ClN3O2. The molecule has 26 heavy (non-hydrogen) atoms. The van der Waals surface area contributed by atoms with Crippen molar-refractivity contribution < 1.29 is 9.53 Å². The van der Waals surface area contributed by atoms with Crippen LogP contribution in [-0.2, 0) is 4.74 Å². The van der Waals surface area contributed by atoms with Crippen LogP contribution in [0.1, 0.15) is 22.2 Å². The maximum Gasteiger partial charge on any atom is 0.272 e. The summed E-state index contributed by atoms with van der Waals surface area (Å²) in [4.78, 5) is 22.2. The second-order valence-corrected chi connectivity index (χ2v) is 6.59. The first-order valence-corrected chi connectivity index (χ1v) is 8.85. The van der Waals surface area contributed by atoms with Gasteiger partial charge in [0.25, 0.3) is 5.91 Å². The summed E-state index contributed by atoms with van der Waals surface area (Å²) in [5.41, 5.74) is 3.11. The number of H-pyrrole nitrogens is 1. The van der Waals surface area contributed by atoms with E-state index in [1.165, 1.54) is 0 Å². The number of nitrogens with one attached hydrogen (secondary N) is 1. The number of benzene rings is 2. The average Bonchev–Trinajstić information content (AvgIpc) is 3.18. The van der Waals surface area contributed by atoms with E-state index in [2.05, 4.69) is 9.97 Å². The Bertz CT molecular complexity index is 893. The van der Waals surface area contributed by atoms with Gasteiger partial charge in [-0.25, -0.2) is 4.98 Å². The molecule has 3 aromatic rings. The fraction of sp³-hybridized carbons (Fsp3) is 0.200. The number of aromatic amines is 1. The van der Waals surface area contributed by atoms with Gasteiger partial charge in [-0.15, -0.1) is 0 Å². The molecule has 1 aliphatic rings. The highest BCUT2D eigenvalue weighted by Gasteiger charge is 2.28. The zero-order chi connectivity index (χ0) is 17.9. The van der Waals surface area contributed by atoms with E-state index in [0.717, 1.165) is 11.1 Å². The van der Waals surface area contributed by atoms with Gasteiger partial charge in [0.15, 0.2) is 0 Å². The third-order valence-electron chi connectivity index (χ3n) is 4.50. The van der Waals surface area contributed by atoms with Crippen molar-refractivity contribution in [2.75, 3.05) is 19.7 Å². The Morgan fingerprint density at radius 3 is 2.69 bits per heavy atom. The summed E-state index contributed by atoms with van der Waals surface area (Å²) in [7, 11) is 0. The summed E-state index contributed by atoms with van der Waals surface area (Å²) >= 11 is 5.96. The molecule has 1 aliphatic heterocycles. The van der Waals surface area contributed by atoms with E-state index in [1.54, 1.807) is 6.33 Å². The summed E-state index contributed by atoms with van der Waals surface area (Å²) in [6.45, 7) is 1.54. The number of amides is 1. The third-order valence-corrected chi connectivity index (χ3v) is 4.75. The van der Waals surface area contributed by atoms with Gasteiger partial charge >= 0.3 is 0 Å². The van der Waals surface area contributed by atoms with Crippen LogP contribution in [0.5, 0.6) is 0 Å². The lowest BCUT2D eigenvalue weighted by Gasteiger charge is -2.33. The van der Waals surface area contributed by atoms with Gasteiger partial charge in [-0.05, 0) is 17.7 Å². The molecule has 2 heterocycles. The Balaban J connectivity index is 1.55. The van der Waals surface area contributed by atoms with Crippen LogP contribution in [0.3, 0.4) is 0 Å². The standard InChI is InChI=1S/C20H18ClN3O2/c21-16-8-6-14(7-9-16)17-12-24(10-11-26-17)20(25)19-18(22-13-23-19)15-4-2-1-3-5-15/h1-9,13,17H,10-12H2,(H,22,23)/t17-/m1/s1. The van der Waals surface area contributed by atoms with Crippen molar-refractivity contribution in [3.8, 4) is 11.3 Å². The molecule has 1 fully saturated rings. The quantitative estimate of drug-likeness (QED) is 0.762. The van der Waals surface area contributed by atoms with Crippen LogP contribution in [0.25, 0.3) is 11.3 Å². The summed E-state index contributed by atoms with van der Waals surface area (Å²) in [6.07, 6.45) is 1.40. The number of ether oxygens (including phenoxy) is 1. The number of morpholine rings is 1. The number of imidazole rings is 1. The number of aromatic nitrogens is 2. The molecule has 0 aliphatic carbocycles. The molecule has 0 radical (unpaired) electrons. The number of halogens is 1. The molecule has 1 N–H and O–H groups in total. The monoisotopic (exact) mass is 367 g/mol. The highest BCUT2D eigenvalue weighted by atomic mass is 35.5. The highest BCUT2D eigenvalue weighted by Crippen LogP contribution is 2.26. The molecular weight excluding hydrogens is 350 g/mol. The molecule has 1 aromatic heterocycles. The van der Waals surface area contributed by atoms with Crippen LogP contribution in [0.4, 0.5) is 0 Å². The van der Waals surface area contributed by atoms with Gasteiger partial charge in [0.05, 0.1) is 19.5 Å². The highest BCUT2D eigenvalue weighted by molar-refractivity contribution is 6.30. The zero-order valence-electron chi connectivity index (χ0n) is 14.1. The first kappa shape index (κ1) is 16.8. The minimum Gasteiger partial charge on any atom is -0.370 e. The first-order valence-electron chi connectivity index (χ1n) is 8.47. The molecule has 0 spiro atoms. The predicted octanol–water partition coefficient (Wildman–Crippen LogP) is 3.94. The number of rotatable bonds is 3. The molecule has 4 rings (SSSR count). The van der Waals surface area contributed by atoms with Gasteiger partial charge in [0, 0.05) is 17.1 Å². The molecule has 0 unspecified atom stereocenters. The zero-order valence-corrected chi connectivity index (χ0v) is 14.8. The SMILES string of the molecule is O=C(c1[nH]cnc1-c1ccccc1)N1CCO[C@@H](c2ccc(Cl)cc2)C1. The van der Waals surface area contributed by atoms with E-state index < -0.39 is 0 Å². The maximum atomic E-state index is 13.1. The van der Waals surface area contributed by atoms with Crippen molar-refractivity contribution in [1.82, 2.24) is 14.9 Å². The van der Waals surface area contributed by atoms with Gasteiger partial charge < -0.3 is 14.6 Å². The fourth-order valence-electron chi connectivity index (χ4n) is 3.14. The minimum absolute atomic E-state index is 0.0661. The lowest BCUT2D eigenvalue weighted by molar-refractivity contribution is -0.0229. The number of hydrogen-bond acceptors (Lipinski definition) is 3. The maximum absolute atomic E-state index is 13.1. The van der Waals surface area contributed by atoms with E-state index in [4.69, 9.17) is 16.3 Å². The summed E-state index contributed by atoms with van der Waals surface area (Å²) in [5.74, 6) is -0.0661. The first-order chi connectivity index (χ1) is 12.7. The van der Waals surface area contributed by atoms with E-state index in [-0.39, 0.29) is 12.0 Å². The Hall–Kier alpha value is -2.63. The molecule has 6 heteroatoms. The molecule has 1 amide bonds. The van der Waals surface area contributed by atoms with E-state index >= 15 is 0 Å². The molecule has 1 saturated heterocycles. The van der Waals surface area contributed by atoms with Crippen LogP contribution >= 0.6 is 11.6 Å². The molecule has 5 nitrogen and oxygen atoms in total. The summed E-state index contributed by atoms with van der Waals surface area (Å²) in [6, 6.07) is 17.3. The molecule has 1 atom stereocenters. The Kier molecular flexibility index (Phi) is 4.73. The predicted molar refractivity (Wildman–Crippen MR) is 100 cm³/mol. The van der Waals surface area contributed by atoms with Gasteiger partial charge in [-0.3, -0.25) is 4.79 Å². The normalized spacial score (nSPS) is 17.3. The van der Waals surface area contributed by atoms with Crippen molar-refractivity contribution in [2.45, 2.75) is 6.10 Å². The fourth-order valence-corrected chi connectivity index (χ4v) is 3.27. The number of carbonyl (C=O) groups is 1. The van der Waals surface area contributed by atoms with Gasteiger partial charge in [-0.1, -0.05) is 54.1 Å². The Morgan fingerprint density at radius 2 is 1.92 bits per heavy atom. The Morgan fingerprint density at radius 1 is 1.15 bits per heavy atom. The van der Waals surface area contributed by atoms with Crippen LogP contribution in [-0.4, -0.2) is 40.5 Å². The number of nitrogens with zero attached hydrogens (tertiary/aromatic N) is 2. The Labute approximate surface area is 156 Å². The second kappa shape index (κ2) is 7.32. The van der Waals surface area contributed by atoms with E-state index in [9.17, 15) is 4.79 Å². The van der Waals surface area contributed by atoms with Gasteiger partial charge in [0.2, 0.25) is 0 Å².